The molecule has 0 radical (unpaired) electrons. The zero-order valence-electron chi connectivity index (χ0n) is 2.36. The highest BCUT2D eigenvalue weighted by atomic mass is 36.0. The third-order valence-electron chi connectivity index (χ3n) is 0.0772. The van der Waals surface area contributed by atoms with Crippen LogP contribution in [0, 0.1) is 0 Å². The summed E-state index contributed by atoms with van der Waals surface area (Å²) in [7, 11) is 17.2. The fourth-order valence-electron chi connectivity index (χ4n) is 0.0194. The van der Waals surface area contributed by atoms with Crippen LogP contribution >= 0.6 is 51.9 Å². The molecule has 0 aliphatic heterocycles. The lowest BCUT2D eigenvalue weighted by molar-refractivity contribution is 4.87. The van der Waals surface area contributed by atoms with Crippen LogP contribution in [0.2, 0.25) is 0 Å². The van der Waals surface area contributed by atoms with E-state index in [1.54, 1.807) is 0 Å². The lowest BCUT2D eigenvalue weighted by atomic mass is 30.5. The zero-order chi connectivity index (χ0) is 4.99. The molecule has 0 rings (SSSR count). The highest BCUT2D eigenvalue weighted by molar-refractivity contribution is 9.19. The second-order valence-corrected chi connectivity index (χ2v) is 8.51. The molecular weight excluding hydrogens is 203 g/mol. The molecule has 0 aliphatic rings. The van der Waals surface area contributed by atoms with Crippen LogP contribution in [0.25, 0.3) is 0 Å². The minimum absolute atomic E-state index is 0.623. The SMILES string of the molecule is ClSS[S+](Cl)Cl. The zero-order valence-corrected chi connectivity index (χ0v) is 7.08. The Labute approximate surface area is 59.9 Å². The molecule has 0 unspecified atom stereocenters. The maximum atomic E-state index is 5.23. The Morgan fingerprint density at radius 3 is 1.83 bits per heavy atom. The lowest BCUT2D eigenvalue weighted by Gasteiger charge is -1.69. The number of hydrogen-bond acceptors (Lipinski definition) is 2. The predicted molar refractivity (Wildman–Crippen MR) is 40.1 cm³/mol. The third-order valence-corrected chi connectivity index (χ3v) is 6.25. The van der Waals surface area contributed by atoms with Gasteiger partial charge in [0.15, 0.2) is 0 Å². The lowest BCUT2D eigenvalue weighted by Crippen LogP contribution is -1.53. The molecule has 0 nitrogen and oxygen atoms in total. The third kappa shape index (κ3) is 5.92. The van der Waals surface area contributed by atoms with Gasteiger partial charge in [-0.15, -0.1) is 0 Å². The molecule has 0 fully saturated rings. The molecule has 0 aromatic heterocycles. The van der Waals surface area contributed by atoms with E-state index in [0.717, 1.165) is 10.0 Å². The fourth-order valence-corrected chi connectivity index (χ4v) is 4.72. The molecule has 6 heteroatoms. The Balaban J connectivity index is 2.63. The molecule has 6 heavy (non-hydrogen) atoms. The van der Waals surface area contributed by atoms with Crippen molar-refractivity contribution in [3.63, 3.8) is 0 Å². The summed E-state index contributed by atoms with van der Waals surface area (Å²) in [6.07, 6.45) is 0. The van der Waals surface area contributed by atoms with Gasteiger partial charge < -0.3 is 0 Å². The van der Waals surface area contributed by atoms with Crippen molar-refractivity contribution in [1.29, 1.82) is 0 Å². The van der Waals surface area contributed by atoms with Crippen molar-refractivity contribution in [2.45, 2.75) is 0 Å². The number of rotatable bonds is 2. The van der Waals surface area contributed by atoms with E-state index < -0.39 is 8.35 Å². The second-order valence-electron chi connectivity index (χ2n) is 0.315. The minimum atomic E-state index is -0.623. The molecule has 0 N–H and O–H groups in total. The maximum Gasteiger partial charge on any atom is 0.299 e. The predicted octanol–water partition coefficient (Wildman–Crippen LogP) is 3.36. The van der Waals surface area contributed by atoms with Gasteiger partial charge in [-0.3, -0.25) is 0 Å². The molecule has 0 bridgehead atoms. The van der Waals surface area contributed by atoms with Gasteiger partial charge in [-0.2, -0.15) is 0 Å². The van der Waals surface area contributed by atoms with Gasteiger partial charge in [0.25, 0.3) is 8.35 Å². The highest BCUT2D eigenvalue weighted by Crippen LogP contribution is 2.38. The van der Waals surface area contributed by atoms with E-state index in [1.165, 1.54) is 9.83 Å². The van der Waals surface area contributed by atoms with Crippen LogP contribution < -0.4 is 0 Å². The Kier molecular flexibility index (Phi) is 6.69. The topological polar surface area (TPSA) is 0 Å². The summed E-state index contributed by atoms with van der Waals surface area (Å²) < 4.78 is 0. The van der Waals surface area contributed by atoms with Crippen LogP contribution in [0.1, 0.15) is 0 Å². The van der Waals surface area contributed by atoms with E-state index >= 15 is 0 Å². The maximum absolute atomic E-state index is 5.23. The Morgan fingerprint density at radius 1 is 1.33 bits per heavy atom. The second kappa shape index (κ2) is 5.06. The van der Waals surface area contributed by atoms with Crippen molar-refractivity contribution in [2.75, 3.05) is 0 Å². The molecule has 0 aliphatic carbocycles. The first-order valence-corrected chi connectivity index (χ1v) is 7.17. The van der Waals surface area contributed by atoms with Gasteiger partial charge in [0.05, 0.1) is 10.0 Å². The molecule has 38 valence electrons. The summed E-state index contributed by atoms with van der Waals surface area (Å²) in [5, 5.41) is 0. The molecule has 0 aromatic carbocycles. The Morgan fingerprint density at radius 2 is 1.83 bits per heavy atom. The molecule has 0 amide bonds. The quantitative estimate of drug-likeness (QED) is 0.497. The van der Waals surface area contributed by atoms with Gasteiger partial charge >= 0.3 is 0 Å². The van der Waals surface area contributed by atoms with Gasteiger partial charge in [0.1, 0.15) is 0 Å². The summed E-state index contributed by atoms with van der Waals surface area (Å²) in [6, 6.07) is 0. The summed E-state index contributed by atoms with van der Waals surface area (Å²) >= 11 is 0. The van der Waals surface area contributed by atoms with Crippen molar-refractivity contribution in [2.24, 2.45) is 0 Å². The number of hydrogen-bond donors (Lipinski definition) is 0. The van der Waals surface area contributed by atoms with E-state index in [1.807, 2.05) is 0 Å². The van der Waals surface area contributed by atoms with Gasteiger partial charge in [-0.05, 0) is 10.7 Å². The van der Waals surface area contributed by atoms with Crippen LogP contribution in [0.15, 0.2) is 0 Å². The van der Waals surface area contributed by atoms with Crippen LogP contribution in [0.4, 0.5) is 0 Å². The van der Waals surface area contributed by atoms with Crippen molar-refractivity contribution >= 4 is 60.2 Å². The molecule has 0 heterocycles. The monoisotopic (exact) mass is 201 g/mol. The standard InChI is InChI=1S/Cl3S3/c1-4-5-6(2)3/q+1. The molecular formula is Cl3S3+. The largest absolute Gasteiger partial charge is 0.299 e. The van der Waals surface area contributed by atoms with E-state index in [0.29, 0.717) is 0 Å². The molecule has 0 spiro atoms. The van der Waals surface area contributed by atoms with Crippen molar-refractivity contribution < 1.29 is 0 Å². The Bertz CT molecular complexity index is 27.2. The van der Waals surface area contributed by atoms with Crippen molar-refractivity contribution in [1.82, 2.24) is 0 Å². The van der Waals surface area contributed by atoms with E-state index in [4.69, 9.17) is 32.0 Å². The Hall–Kier alpha value is 1.92. The summed E-state index contributed by atoms with van der Waals surface area (Å²) in [5.41, 5.74) is 0. The van der Waals surface area contributed by atoms with Crippen LogP contribution in [-0.2, 0) is 8.35 Å². The summed E-state index contributed by atoms with van der Waals surface area (Å²) in [5.74, 6) is 0. The first-order valence-electron chi connectivity index (χ1n) is 0.796. The number of halogens is 3. The van der Waals surface area contributed by atoms with Crippen molar-refractivity contribution in [3.8, 4) is 0 Å². The van der Waals surface area contributed by atoms with Crippen LogP contribution in [0.3, 0.4) is 0 Å². The molecule has 0 saturated heterocycles. The summed E-state index contributed by atoms with van der Waals surface area (Å²) in [4.78, 5) is 0. The minimum Gasteiger partial charge on any atom is -0.0270 e. The van der Waals surface area contributed by atoms with Crippen molar-refractivity contribution in [3.05, 3.63) is 0 Å². The molecule has 0 saturated carbocycles. The van der Waals surface area contributed by atoms with Crippen LogP contribution in [0.5, 0.6) is 0 Å². The average Bonchev–Trinajstić information content (AvgIpc) is 1.35. The van der Waals surface area contributed by atoms with Crippen LogP contribution in [-0.4, -0.2) is 0 Å². The van der Waals surface area contributed by atoms with Gasteiger partial charge in [-0.25, -0.2) is 0 Å². The van der Waals surface area contributed by atoms with E-state index in [2.05, 4.69) is 0 Å². The molecule has 0 aromatic rings. The fraction of sp³-hybridized carbons (Fsp3) is 0. The van der Waals surface area contributed by atoms with Gasteiger partial charge in [-0.1, -0.05) is 0 Å². The smallest absolute Gasteiger partial charge is 0.0270 e. The highest BCUT2D eigenvalue weighted by Gasteiger charge is 2.13. The average molecular weight is 203 g/mol. The molecule has 0 atom stereocenters. The van der Waals surface area contributed by atoms with E-state index in [9.17, 15) is 0 Å². The van der Waals surface area contributed by atoms with Gasteiger partial charge in [0, 0.05) is 0 Å². The first-order chi connectivity index (χ1) is 2.77. The first kappa shape index (κ1) is 7.92. The normalized spacial score (nSPS) is 10.0. The van der Waals surface area contributed by atoms with E-state index in [-0.39, 0.29) is 0 Å². The summed E-state index contributed by atoms with van der Waals surface area (Å²) in [6.45, 7) is 0. The van der Waals surface area contributed by atoms with Gasteiger partial charge in [0.2, 0.25) is 31.2 Å².